The number of hydrogen-bond donors (Lipinski definition) is 0. The summed E-state index contributed by atoms with van der Waals surface area (Å²) < 4.78 is 7.39. The molecule has 3 aromatic rings. The number of carbonyl (C=O) groups is 1. The molecule has 0 bridgehead atoms. The predicted molar refractivity (Wildman–Crippen MR) is 126 cm³/mol. The lowest BCUT2D eigenvalue weighted by Gasteiger charge is -2.28. The molecule has 2 aliphatic rings. The number of nitrogens with zero attached hydrogens (tertiary/aromatic N) is 2. The minimum atomic E-state index is -0.517. The quantitative estimate of drug-likeness (QED) is 0.557. The normalized spacial score (nSPS) is 18.3. The number of aromatic nitrogens is 1. The third kappa shape index (κ3) is 3.52. The van der Waals surface area contributed by atoms with Crippen LogP contribution in [-0.4, -0.2) is 17.5 Å². The molecule has 162 valence electrons. The summed E-state index contributed by atoms with van der Waals surface area (Å²) in [4.78, 5) is 31.8. The van der Waals surface area contributed by atoms with Crippen molar-refractivity contribution in [3.05, 3.63) is 94.6 Å². The van der Waals surface area contributed by atoms with E-state index < -0.39 is 6.04 Å². The van der Waals surface area contributed by atoms with Gasteiger partial charge in [0, 0.05) is 12.0 Å². The van der Waals surface area contributed by atoms with Gasteiger partial charge in [-0.1, -0.05) is 58.8 Å². The van der Waals surface area contributed by atoms with Crippen LogP contribution in [0, 0.1) is 0 Å². The second-order valence-electron chi connectivity index (χ2n) is 7.64. The molecular formula is C24H18Cl2N2O3S. The number of allylic oxidation sites excluding steroid dienone is 2. The molecule has 5 rings (SSSR count). The number of methoxy groups -OCH3 is 1. The highest BCUT2D eigenvalue weighted by molar-refractivity contribution is 7.07. The first-order valence-corrected chi connectivity index (χ1v) is 11.7. The van der Waals surface area contributed by atoms with Gasteiger partial charge in [0.25, 0.3) is 5.56 Å². The van der Waals surface area contributed by atoms with Gasteiger partial charge in [-0.05, 0) is 48.2 Å². The van der Waals surface area contributed by atoms with Gasteiger partial charge in [-0.3, -0.25) is 14.2 Å². The van der Waals surface area contributed by atoms with Crippen molar-refractivity contribution in [2.45, 2.75) is 25.3 Å². The van der Waals surface area contributed by atoms with E-state index in [-0.39, 0.29) is 11.3 Å². The van der Waals surface area contributed by atoms with Crippen LogP contribution in [0.5, 0.6) is 5.75 Å². The summed E-state index contributed by atoms with van der Waals surface area (Å²) in [6.07, 6.45) is 3.68. The van der Waals surface area contributed by atoms with Crippen LogP contribution >= 0.6 is 34.5 Å². The van der Waals surface area contributed by atoms with E-state index in [4.69, 9.17) is 32.9 Å². The summed E-state index contributed by atoms with van der Waals surface area (Å²) in [7, 11) is 1.60. The molecule has 0 N–H and O–H groups in total. The summed E-state index contributed by atoms with van der Waals surface area (Å²) in [6.45, 7) is 0. The van der Waals surface area contributed by atoms with Crippen molar-refractivity contribution in [3.63, 3.8) is 0 Å². The molecule has 2 heterocycles. The van der Waals surface area contributed by atoms with Crippen LogP contribution in [0.15, 0.2) is 63.5 Å². The molecule has 0 radical (unpaired) electrons. The number of ether oxygens (including phenoxy) is 1. The van der Waals surface area contributed by atoms with Gasteiger partial charge in [0.05, 0.1) is 33.4 Å². The van der Waals surface area contributed by atoms with Gasteiger partial charge in [-0.2, -0.15) is 0 Å². The Morgan fingerprint density at radius 3 is 2.66 bits per heavy atom. The fourth-order valence-corrected chi connectivity index (χ4v) is 5.56. The Morgan fingerprint density at radius 1 is 1.12 bits per heavy atom. The molecule has 1 aliphatic carbocycles. The third-order valence-corrected chi connectivity index (χ3v) is 7.54. The van der Waals surface area contributed by atoms with Crippen molar-refractivity contribution in [2.75, 3.05) is 7.11 Å². The van der Waals surface area contributed by atoms with Crippen LogP contribution in [0.4, 0.5) is 0 Å². The Hall–Kier alpha value is -2.67. The highest BCUT2D eigenvalue weighted by atomic mass is 35.5. The minimum Gasteiger partial charge on any atom is -0.497 e. The molecule has 0 amide bonds. The summed E-state index contributed by atoms with van der Waals surface area (Å²) in [5.41, 5.74) is 2.68. The zero-order valence-corrected chi connectivity index (χ0v) is 19.4. The van der Waals surface area contributed by atoms with Crippen LogP contribution in [-0.2, 0) is 4.79 Å². The lowest BCUT2D eigenvalue weighted by Crippen LogP contribution is -2.40. The number of carbonyl (C=O) groups excluding carboxylic acids is 1. The molecule has 0 saturated carbocycles. The Balaban J connectivity index is 1.75. The maximum Gasteiger partial charge on any atom is 0.271 e. The van der Waals surface area contributed by atoms with Gasteiger partial charge in [0.1, 0.15) is 5.75 Å². The van der Waals surface area contributed by atoms with Gasteiger partial charge in [-0.15, -0.1) is 0 Å². The summed E-state index contributed by atoms with van der Waals surface area (Å²) in [5, 5.41) is 0.812. The van der Waals surface area contributed by atoms with Crippen molar-refractivity contribution in [3.8, 4) is 5.75 Å². The summed E-state index contributed by atoms with van der Waals surface area (Å²) in [5.74, 6) is 0.754. The van der Waals surface area contributed by atoms with Crippen molar-refractivity contribution < 1.29 is 9.53 Å². The fourth-order valence-electron chi connectivity index (χ4n) is 4.19. The molecule has 8 heteroatoms. The van der Waals surface area contributed by atoms with Gasteiger partial charge in [-0.25, -0.2) is 4.99 Å². The van der Waals surface area contributed by atoms with Gasteiger partial charge in [0.2, 0.25) is 0 Å². The minimum absolute atomic E-state index is 0.0444. The Bertz CT molecular complexity index is 1450. The van der Waals surface area contributed by atoms with E-state index in [0.717, 1.165) is 24.1 Å². The Labute approximate surface area is 197 Å². The maximum absolute atomic E-state index is 13.5. The number of rotatable bonds is 3. The van der Waals surface area contributed by atoms with Crippen LogP contribution in [0.3, 0.4) is 0 Å². The van der Waals surface area contributed by atoms with E-state index in [1.54, 1.807) is 29.9 Å². The van der Waals surface area contributed by atoms with Crippen LogP contribution in [0.1, 0.15) is 36.4 Å². The highest BCUT2D eigenvalue weighted by Gasteiger charge is 2.34. The second-order valence-corrected chi connectivity index (χ2v) is 9.43. The van der Waals surface area contributed by atoms with E-state index in [2.05, 4.69) is 0 Å². The average Bonchev–Trinajstić information content (AvgIpc) is 3.10. The number of benzene rings is 2. The van der Waals surface area contributed by atoms with Crippen LogP contribution < -0.4 is 19.6 Å². The SMILES string of the molecule is COc1ccc(C2C3=C(CCCC3=O)N=c3sc(=Cc4cccc(Cl)c4Cl)c(=O)n32)cc1. The summed E-state index contributed by atoms with van der Waals surface area (Å²) in [6, 6.07) is 12.2. The van der Waals surface area contributed by atoms with Crippen molar-refractivity contribution >= 4 is 46.4 Å². The first-order chi connectivity index (χ1) is 15.5. The van der Waals surface area contributed by atoms with Crippen LogP contribution in [0.2, 0.25) is 10.0 Å². The molecule has 5 nitrogen and oxygen atoms in total. The highest BCUT2D eigenvalue weighted by Crippen LogP contribution is 2.36. The molecule has 1 atom stereocenters. The van der Waals surface area contributed by atoms with E-state index in [1.165, 1.54) is 11.3 Å². The van der Waals surface area contributed by atoms with Gasteiger partial charge < -0.3 is 4.74 Å². The predicted octanol–water partition coefficient (Wildman–Crippen LogP) is 4.28. The first-order valence-electron chi connectivity index (χ1n) is 10.1. The Morgan fingerprint density at radius 2 is 1.91 bits per heavy atom. The zero-order valence-electron chi connectivity index (χ0n) is 17.1. The molecule has 1 aliphatic heterocycles. The zero-order chi connectivity index (χ0) is 22.4. The molecule has 0 saturated heterocycles. The van der Waals surface area contributed by atoms with Gasteiger partial charge >= 0.3 is 0 Å². The van der Waals surface area contributed by atoms with Crippen molar-refractivity contribution in [1.82, 2.24) is 4.57 Å². The second kappa shape index (κ2) is 8.35. The number of hydrogen-bond acceptors (Lipinski definition) is 5. The topological polar surface area (TPSA) is 60.7 Å². The van der Waals surface area contributed by atoms with E-state index in [0.29, 0.717) is 42.7 Å². The monoisotopic (exact) mass is 484 g/mol. The molecule has 1 unspecified atom stereocenters. The largest absolute Gasteiger partial charge is 0.497 e. The fraction of sp³-hybridized carbons (Fsp3) is 0.208. The summed E-state index contributed by atoms with van der Waals surface area (Å²) >= 11 is 13.8. The molecule has 0 fully saturated rings. The van der Waals surface area contributed by atoms with Crippen molar-refractivity contribution in [2.24, 2.45) is 4.99 Å². The van der Waals surface area contributed by atoms with E-state index in [1.807, 2.05) is 30.3 Å². The number of Topliss-reactive ketones (excluding diaryl/α,β-unsaturated/α-hetero) is 1. The molecule has 1 aromatic heterocycles. The number of ketones is 1. The molecular weight excluding hydrogens is 467 g/mol. The molecule has 32 heavy (non-hydrogen) atoms. The number of halogens is 2. The average molecular weight is 485 g/mol. The lowest BCUT2D eigenvalue weighted by atomic mass is 9.86. The van der Waals surface area contributed by atoms with Crippen LogP contribution in [0.25, 0.3) is 6.08 Å². The van der Waals surface area contributed by atoms with E-state index >= 15 is 0 Å². The Kier molecular flexibility index (Phi) is 5.53. The first kappa shape index (κ1) is 21.2. The number of fused-ring (bicyclic) bond motifs is 1. The smallest absolute Gasteiger partial charge is 0.271 e. The maximum atomic E-state index is 13.5. The van der Waals surface area contributed by atoms with Crippen molar-refractivity contribution in [1.29, 1.82) is 0 Å². The van der Waals surface area contributed by atoms with E-state index in [9.17, 15) is 9.59 Å². The van der Waals surface area contributed by atoms with Gasteiger partial charge in [0.15, 0.2) is 10.6 Å². The standard InChI is InChI=1S/C24H18Cl2N2O3S/c1-31-15-10-8-13(9-11-15)22-20-17(6-3-7-18(20)29)27-24-28(22)23(30)19(32-24)12-14-4-2-5-16(25)21(14)26/h2,4-5,8-12,22H,3,6-7H2,1H3. The third-order valence-electron chi connectivity index (χ3n) is 5.73. The number of thiazole rings is 1. The molecule has 2 aromatic carbocycles. The molecule has 0 spiro atoms. The lowest BCUT2D eigenvalue weighted by molar-refractivity contribution is -0.116.